The molecule has 2 fully saturated rings. The van der Waals surface area contributed by atoms with Crippen molar-refractivity contribution in [2.24, 2.45) is 11.8 Å². The largest absolute Gasteiger partial charge is 0.444 e. The third kappa shape index (κ3) is 3.35. The van der Waals surface area contributed by atoms with Gasteiger partial charge in [0.25, 0.3) is 0 Å². The van der Waals surface area contributed by atoms with Gasteiger partial charge in [0, 0.05) is 25.7 Å². The molecule has 1 heterocycles. The van der Waals surface area contributed by atoms with Crippen molar-refractivity contribution >= 4 is 6.09 Å². The van der Waals surface area contributed by atoms with Crippen LogP contribution >= 0.6 is 0 Å². The van der Waals surface area contributed by atoms with Gasteiger partial charge in [0.2, 0.25) is 0 Å². The smallest absolute Gasteiger partial charge is 0.410 e. The molecule has 0 aromatic heterocycles. The minimum absolute atomic E-state index is 0.169. The normalized spacial score (nSPS) is 33.4. The highest BCUT2D eigenvalue weighted by atomic mass is 16.6. The first-order valence-electron chi connectivity index (χ1n) is 6.58. The molecule has 2 aliphatic rings. The Hall–Kier alpha value is -0.770. The highest BCUT2D eigenvalue weighted by Gasteiger charge is 2.42. The van der Waals surface area contributed by atoms with E-state index in [1.54, 1.807) is 0 Å². The molecule has 0 spiro atoms. The molecule has 1 aliphatic heterocycles. The molecule has 4 nitrogen and oxygen atoms in total. The number of amides is 1. The van der Waals surface area contributed by atoms with Gasteiger partial charge in [-0.3, -0.25) is 0 Å². The maximum Gasteiger partial charge on any atom is 0.410 e. The minimum atomic E-state index is -0.398. The highest BCUT2D eigenvalue weighted by molar-refractivity contribution is 5.68. The molecular formula is C13H24N2O2. The zero-order valence-electron chi connectivity index (χ0n) is 11.3. The van der Waals surface area contributed by atoms with Crippen molar-refractivity contribution in [3.8, 4) is 0 Å². The first-order chi connectivity index (χ1) is 7.87. The van der Waals surface area contributed by atoms with Gasteiger partial charge < -0.3 is 15.0 Å². The molecule has 1 aliphatic carbocycles. The molecule has 3 atom stereocenters. The molecule has 1 saturated heterocycles. The van der Waals surface area contributed by atoms with Crippen molar-refractivity contribution in [2.75, 3.05) is 19.6 Å². The van der Waals surface area contributed by atoms with Crippen molar-refractivity contribution < 1.29 is 9.53 Å². The second kappa shape index (κ2) is 4.48. The van der Waals surface area contributed by atoms with E-state index in [-0.39, 0.29) is 6.09 Å². The monoisotopic (exact) mass is 240 g/mol. The second-order valence-corrected chi connectivity index (χ2v) is 6.36. The number of nitrogens with zero attached hydrogens (tertiary/aromatic N) is 1. The number of carbonyl (C=O) groups excluding carboxylic acids is 1. The molecule has 0 radical (unpaired) electrons. The quantitative estimate of drug-likeness (QED) is 0.760. The van der Waals surface area contributed by atoms with Crippen LogP contribution in [0.1, 0.15) is 34.1 Å². The van der Waals surface area contributed by atoms with Crippen LogP contribution in [0.2, 0.25) is 0 Å². The van der Waals surface area contributed by atoms with E-state index in [1.165, 1.54) is 6.42 Å². The molecule has 1 amide bonds. The van der Waals surface area contributed by atoms with E-state index in [0.29, 0.717) is 6.04 Å². The fourth-order valence-corrected chi connectivity index (χ4v) is 2.47. The molecule has 0 aromatic rings. The number of hydrogen-bond acceptors (Lipinski definition) is 3. The van der Waals surface area contributed by atoms with Gasteiger partial charge in [0.15, 0.2) is 0 Å². The lowest BCUT2D eigenvalue weighted by Gasteiger charge is -2.35. The summed E-state index contributed by atoms with van der Waals surface area (Å²) in [6, 6.07) is 0.464. The van der Waals surface area contributed by atoms with E-state index in [2.05, 4.69) is 12.2 Å². The van der Waals surface area contributed by atoms with Gasteiger partial charge in [0.05, 0.1) is 0 Å². The van der Waals surface area contributed by atoms with E-state index in [0.717, 1.165) is 31.5 Å². The van der Waals surface area contributed by atoms with Crippen LogP contribution in [-0.2, 0) is 4.74 Å². The first-order valence-corrected chi connectivity index (χ1v) is 6.58. The first kappa shape index (κ1) is 12.7. The number of hydrogen-bond donors (Lipinski definition) is 1. The SMILES string of the molecule is CC1CC1C1CN(C(=O)OC(C)(C)C)CCN1. The summed E-state index contributed by atoms with van der Waals surface area (Å²) in [5, 5.41) is 3.51. The van der Waals surface area contributed by atoms with Crippen LogP contribution < -0.4 is 5.32 Å². The minimum Gasteiger partial charge on any atom is -0.444 e. The molecule has 1 N–H and O–H groups in total. The van der Waals surface area contributed by atoms with Crippen LogP contribution in [-0.4, -0.2) is 42.3 Å². The lowest BCUT2D eigenvalue weighted by Crippen LogP contribution is -2.54. The fourth-order valence-electron chi connectivity index (χ4n) is 2.47. The van der Waals surface area contributed by atoms with Crippen LogP contribution in [0.5, 0.6) is 0 Å². The van der Waals surface area contributed by atoms with Crippen LogP contribution in [0.25, 0.3) is 0 Å². The lowest BCUT2D eigenvalue weighted by atomic mass is 10.1. The third-order valence-corrected chi connectivity index (χ3v) is 3.55. The highest BCUT2D eigenvalue weighted by Crippen LogP contribution is 2.41. The maximum absolute atomic E-state index is 12.0. The van der Waals surface area contributed by atoms with E-state index < -0.39 is 5.60 Å². The number of ether oxygens (including phenoxy) is 1. The van der Waals surface area contributed by atoms with E-state index in [4.69, 9.17) is 4.74 Å². The Labute approximate surface area is 104 Å². The topological polar surface area (TPSA) is 41.6 Å². The van der Waals surface area contributed by atoms with Crippen LogP contribution in [0, 0.1) is 11.8 Å². The zero-order chi connectivity index (χ0) is 12.6. The van der Waals surface area contributed by atoms with Crippen molar-refractivity contribution in [2.45, 2.75) is 45.8 Å². The summed E-state index contributed by atoms with van der Waals surface area (Å²) < 4.78 is 5.41. The predicted molar refractivity (Wildman–Crippen MR) is 66.9 cm³/mol. The maximum atomic E-state index is 12.0. The van der Waals surface area contributed by atoms with Crippen LogP contribution in [0.3, 0.4) is 0 Å². The molecule has 2 rings (SSSR count). The number of piperazine rings is 1. The summed E-state index contributed by atoms with van der Waals surface area (Å²) in [6.07, 6.45) is 1.12. The van der Waals surface area contributed by atoms with Crippen molar-refractivity contribution in [3.63, 3.8) is 0 Å². The van der Waals surface area contributed by atoms with Gasteiger partial charge in [-0.15, -0.1) is 0 Å². The van der Waals surface area contributed by atoms with Crippen LogP contribution in [0.15, 0.2) is 0 Å². The molecule has 4 heteroatoms. The molecule has 0 bridgehead atoms. The van der Waals surface area contributed by atoms with Gasteiger partial charge in [0.1, 0.15) is 5.60 Å². The summed E-state index contributed by atoms with van der Waals surface area (Å²) >= 11 is 0. The van der Waals surface area contributed by atoms with Crippen molar-refractivity contribution in [3.05, 3.63) is 0 Å². The summed E-state index contributed by atoms with van der Waals surface area (Å²) in [6.45, 7) is 10.4. The number of rotatable bonds is 1. The van der Waals surface area contributed by atoms with E-state index in [1.807, 2.05) is 25.7 Å². The standard InChI is InChI=1S/C13H24N2O2/c1-9-7-10(9)11-8-15(6-5-14-11)12(16)17-13(2,3)4/h9-11,14H,5-8H2,1-4H3. The van der Waals surface area contributed by atoms with Gasteiger partial charge in [-0.05, 0) is 39.0 Å². The Morgan fingerprint density at radius 1 is 1.41 bits per heavy atom. The Bertz CT molecular complexity index is 298. The second-order valence-electron chi connectivity index (χ2n) is 6.36. The fraction of sp³-hybridized carbons (Fsp3) is 0.923. The Morgan fingerprint density at radius 2 is 2.06 bits per heavy atom. The average Bonchev–Trinajstić information content (AvgIpc) is 2.93. The summed E-state index contributed by atoms with van der Waals surface area (Å²) in [5.74, 6) is 1.56. The molecular weight excluding hydrogens is 216 g/mol. The van der Waals surface area contributed by atoms with Gasteiger partial charge in [-0.1, -0.05) is 6.92 Å². The Kier molecular flexibility index (Phi) is 3.34. The molecule has 98 valence electrons. The molecule has 1 saturated carbocycles. The van der Waals surface area contributed by atoms with Gasteiger partial charge >= 0.3 is 6.09 Å². The zero-order valence-corrected chi connectivity index (χ0v) is 11.3. The molecule has 3 unspecified atom stereocenters. The summed E-state index contributed by atoms with van der Waals surface area (Å²) in [4.78, 5) is 13.8. The van der Waals surface area contributed by atoms with E-state index in [9.17, 15) is 4.79 Å². The van der Waals surface area contributed by atoms with Gasteiger partial charge in [-0.25, -0.2) is 4.79 Å². The summed E-state index contributed by atoms with van der Waals surface area (Å²) in [7, 11) is 0. The summed E-state index contributed by atoms with van der Waals surface area (Å²) in [5.41, 5.74) is -0.398. The van der Waals surface area contributed by atoms with Crippen LogP contribution in [0.4, 0.5) is 4.79 Å². The van der Waals surface area contributed by atoms with Crippen molar-refractivity contribution in [1.29, 1.82) is 0 Å². The number of nitrogens with one attached hydrogen (secondary N) is 1. The Balaban J connectivity index is 1.86. The Morgan fingerprint density at radius 3 is 2.59 bits per heavy atom. The lowest BCUT2D eigenvalue weighted by molar-refractivity contribution is 0.0186. The van der Waals surface area contributed by atoms with E-state index >= 15 is 0 Å². The molecule has 0 aromatic carbocycles. The predicted octanol–water partition coefficient (Wildman–Crippen LogP) is 1.85. The number of carbonyl (C=O) groups is 1. The average molecular weight is 240 g/mol. The third-order valence-electron chi connectivity index (χ3n) is 3.55. The van der Waals surface area contributed by atoms with Gasteiger partial charge in [-0.2, -0.15) is 0 Å². The van der Waals surface area contributed by atoms with Crippen molar-refractivity contribution in [1.82, 2.24) is 10.2 Å². The molecule has 17 heavy (non-hydrogen) atoms.